The first-order chi connectivity index (χ1) is 15.8. The van der Waals surface area contributed by atoms with Gasteiger partial charge < -0.3 is 19.4 Å². The number of amides is 3. The van der Waals surface area contributed by atoms with Crippen LogP contribution in [0.4, 0.5) is 4.39 Å². The van der Waals surface area contributed by atoms with Crippen molar-refractivity contribution in [3.05, 3.63) is 59.8 Å². The molecule has 1 atom stereocenters. The van der Waals surface area contributed by atoms with Crippen molar-refractivity contribution in [3.63, 3.8) is 0 Å². The Bertz CT molecular complexity index is 1010. The number of piperidine rings is 1. The van der Waals surface area contributed by atoms with Gasteiger partial charge in [-0.1, -0.05) is 26.0 Å². The highest BCUT2D eigenvalue weighted by Crippen LogP contribution is 2.39. The Balaban J connectivity index is 1.54. The lowest BCUT2D eigenvalue weighted by Gasteiger charge is -2.44. The number of nitrogens with zero attached hydrogens (tertiary/aromatic N) is 2. The molecule has 0 bridgehead atoms. The SMILES string of the molecule is CC(C)CNC(=O)[C@H]1COC2(CCN(C(=O)c3ccccc3F)CC2)N1C(=O)c1ccco1. The minimum Gasteiger partial charge on any atom is -0.459 e. The summed E-state index contributed by atoms with van der Waals surface area (Å²) >= 11 is 0. The smallest absolute Gasteiger partial charge is 0.292 e. The van der Waals surface area contributed by atoms with Crippen LogP contribution in [0.5, 0.6) is 0 Å². The summed E-state index contributed by atoms with van der Waals surface area (Å²) in [4.78, 5) is 42.1. The normalized spacial score (nSPS) is 19.8. The van der Waals surface area contributed by atoms with Gasteiger partial charge in [0.1, 0.15) is 17.6 Å². The van der Waals surface area contributed by atoms with Gasteiger partial charge in [-0.3, -0.25) is 19.3 Å². The molecule has 2 aliphatic heterocycles. The second-order valence-electron chi connectivity index (χ2n) is 8.84. The van der Waals surface area contributed by atoms with Gasteiger partial charge in [0.2, 0.25) is 5.91 Å². The van der Waals surface area contributed by atoms with E-state index in [1.54, 1.807) is 23.1 Å². The predicted molar refractivity (Wildman–Crippen MR) is 117 cm³/mol. The molecule has 0 radical (unpaired) electrons. The number of rotatable bonds is 5. The first-order valence-corrected chi connectivity index (χ1v) is 11.1. The summed E-state index contributed by atoms with van der Waals surface area (Å²) in [5.74, 6) is -1.33. The number of likely N-dealkylation sites (tertiary alicyclic amines) is 1. The van der Waals surface area contributed by atoms with Gasteiger partial charge in [0.25, 0.3) is 11.8 Å². The van der Waals surface area contributed by atoms with Gasteiger partial charge in [0.15, 0.2) is 5.76 Å². The molecule has 1 N–H and O–H groups in total. The van der Waals surface area contributed by atoms with Crippen molar-refractivity contribution in [2.45, 2.75) is 38.5 Å². The summed E-state index contributed by atoms with van der Waals surface area (Å²) < 4.78 is 25.5. The minimum absolute atomic E-state index is 0.00949. The molecule has 2 fully saturated rings. The number of benzene rings is 1. The fraction of sp³-hybridized carbons (Fsp3) is 0.458. The van der Waals surface area contributed by atoms with E-state index in [1.807, 2.05) is 13.8 Å². The summed E-state index contributed by atoms with van der Waals surface area (Å²) in [6.07, 6.45) is 2.00. The van der Waals surface area contributed by atoms with E-state index in [9.17, 15) is 18.8 Å². The Kier molecular flexibility index (Phi) is 6.51. The van der Waals surface area contributed by atoms with Crippen LogP contribution in [0.25, 0.3) is 0 Å². The molecule has 1 aromatic carbocycles. The van der Waals surface area contributed by atoms with E-state index in [-0.39, 0.29) is 42.8 Å². The zero-order valence-electron chi connectivity index (χ0n) is 18.8. The first-order valence-electron chi connectivity index (χ1n) is 11.1. The lowest BCUT2D eigenvalue weighted by molar-refractivity contribution is -0.128. The second-order valence-corrected chi connectivity index (χ2v) is 8.84. The molecular formula is C24H28FN3O5. The molecular weight excluding hydrogens is 429 g/mol. The van der Waals surface area contributed by atoms with E-state index in [1.165, 1.54) is 29.4 Å². The Hall–Kier alpha value is -3.20. The minimum atomic E-state index is -1.05. The third-order valence-electron chi connectivity index (χ3n) is 6.13. The number of carbonyl (C=O) groups is 3. The molecule has 3 heterocycles. The molecule has 8 nitrogen and oxygen atoms in total. The number of furan rings is 1. The summed E-state index contributed by atoms with van der Waals surface area (Å²) in [5, 5.41) is 2.88. The number of ether oxygens (including phenoxy) is 1. The van der Waals surface area contributed by atoms with E-state index in [4.69, 9.17) is 9.15 Å². The summed E-state index contributed by atoms with van der Waals surface area (Å²) in [5.41, 5.74) is -1.04. The van der Waals surface area contributed by atoms with Crippen LogP contribution in [0.3, 0.4) is 0 Å². The molecule has 2 saturated heterocycles. The average Bonchev–Trinajstić information content (AvgIpc) is 3.46. The van der Waals surface area contributed by atoms with Crippen molar-refractivity contribution in [2.75, 3.05) is 26.2 Å². The Morgan fingerprint density at radius 2 is 1.85 bits per heavy atom. The van der Waals surface area contributed by atoms with Crippen LogP contribution in [0.2, 0.25) is 0 Å². The van der Waals surface area contributed by atoms with Crippen LogP contribution in [-0.2, 0) is 9.53 Å². The average molecular weight is 458 g/mol. The Morgan fingerprint density at radius 1 is 1.12 bits per heavy atom. The molecule has 4 rings (SSSR count). The van der Waals surface area contributed by atoms with E-state index in [0.29, 0.717) is 19.4 Å². The van der Waals surface area contributed by atoms with Crippen molar-refractivity contribution in [3.8, 4) is 0 Å². The molecule has 0 saturated carbocycles. The van der Waals surface area contributed by atoms with Gasteiger partial charge in [-0.2, -0.15) is 0 Å². The highest BCUT2D eigenvalue weighted by Gasteiger charge is 2.54. The van der Waals surface area contributed by atoms with Gasteiger partial charge in [0, 0.05) is 32.5 Å². The highest BCUT2D eigenvalue weighted by molar-refractivity contribution is 5.97. The van der Waals surface area contributed by atoms with Crippen molar-refractivity contribution >= 4 is 17.7 Å². The number of hydrogen-bond acceptors (Lipinski definition) is 5. The fourth-order valence-corrected chi connectivity index (χ4v) is 4.37. The third kappa shape index (κ3) is 4.50. The number of carbonyl (C=O) groups excluding carboxylic acids is 3. The van der Waals surface area contributed by atoms with E-state index in [0.717, 1.165) is 0 Å². The standard InChI is InChI=1S/C24H28FN3O5/c1-16(2)14-26-21(29)19-15-33-24(28(19)23(31)20-8-5-13-32-20)9-11-27(12-10-24)22(30)17-6-3-4-7-18(17)25/h3-8,13,16,19H,9-12,14-15H2,1-2H3,(H,26,29)/t19-/m1/s1. The maximum absolute atomic E-state index is 14.1. The molecule has 2 aliphatic rings. The molecule has 0 unspecified atom stereocenters. The van der Waals surface area contributed by atoms with Crippen LogP contribution in [0, 0.1) is 11.7 Å². The van der Waals surface area contributed by atoms with Gasteiger partial charge in [-0.25, -0.2) is 4.39 Å². The number of halogens is 1. The fourth-order valence-electron chi connectivity index (χ4n) is 4.37. The Morgan fingerprint density at radius 3 is 2.48 bits per heavy atom. The van der Waals surface area contributed by atoms with Gasteiger partial charge in [-0.15, -0.1) is 0 Å². The largest absolute Gasteiger partial charge is 0.459 e. The van der Waals surface area contributed by atoms with E-state index in [2.05, 4.69) is 5.32 Å². The van der Waals surface area contributed by atoms with Crippen LogP contribution in [-0.4, -0.2) is 65.5 Å². The van der Waals surface area contributed by atoms with Crippen molar-refractivity contribution in [2.24, 2.45) is 5.92 Å². The first kappa shape index (κ1) is 23.0. The van der Waals surface area contributed by atoms with E-state index >= 15 is 0 Å². The van der Waals surface area contributed by atoms with Crippen molar-refractivity contribution < 1.29 is 27.9 Å². The maximum Gasteiger partial charge on any atom is 0.292 e. The molecule has 33 heavy (non-hydrogen) atoms. The molecule has 1 aromatic heterocycles. The zero-order valence-corrected chi connectivity index (χ0v) is 18.8. The van der Waals surface area contributed by atoms with Crippen LogP contribution >= 0.6 is 0 Å². The van der Waals surface area contributed by atoms with Gasteiger partial charge in [0.05, 0.1) is 18.4 Å². The van der Waals surface area contributed by atoms with Crippen molar-refractivity contribution in [1.82, 2.24) is 15.1 Å². The van der Waals surface area contributed by atoms with Gasteiger partial charge in [-0.05, 0) is 30.2 Å². The molecule has 2 aromatic rings. The lowest BCUT2D eigenvalue weighted by atomic mass is 9.96. The summed E-state index contributed by atoms with van der Waals surface area (Å²) in [6.45, 7) is 5.03. The zero-order chi connectivity index (χ0) is 23.6. The van der Waals surface area contributed by atoms with Crippen LogP contribution in [0.1, 0.15) is 47.6 Å². The molecule has 0 aliphatic carbocycles. The molecule has 176 valence electrons. The van der Waals surface area contributed by atoms with E-state index < -0.39 is 29.4 Å². The predicted octanol–water partition coefficient (Wildman–Crippen LogP) is 2.66. The Labute approximate surface area is 191 Å². The lowest BCUT2D eigenvalue weighted by Crippen LogP contribution is -2.60. The molecule has 1 spiro atoms. The van der Waals surface area contributed by atoms with Crippen molar-refractivity contribution in [1.29, 1.82) is 0 Å². The topological polar surface area (TPSA) is 92.1 Å². The monoisotopic (exact) mass is 457 g/mol. The number of hydrogen-bond donors (Lipinski definition) is 1. The quantitative estimate of drug-likeness (QED) is 0.745. The van der Waals surface area contributed by atoms with Gasteiger partial charge >= 0.3 is 0 Å². The second kappa shape index (κ2) is 9.35. The molecule has 9 heteroatoms. The van der Waals surface area contributed by atoms with Crippen LogP contribution in [0.15, 0.2) is 47.1 Å². The number of nitrogens with one attached hydrogen (secondary N) is 1. The third-order valence-corrected chi connectivity index (χ3v) is 6.13. The summed E-state index contributed by atoms with van der Waals surface area (Å²) in [7, 11) is 0. The molecule has 3 amide bonds. The summed E-state index contributed by atoms with van der Waals surface area (Å²) in [6, 6.07) is 8.21. The maximum atomic E-state index is 14.1. The van der Waals surface area contributed by atoms with Crippen LogP contribution < -0.4 is 5.32 Å². The highest BCUT2D eigenvalue weighted by atomic mass is 19.1.